The van der Waals surface area contributed by atoms with Crippen molar-refractivity contribution in [1.29, 1.82) is 0 Å². The average molecular weight is 234 g/mol. The van der Waals surface area contributed by atoms with E-state index in [1.807, 2.05) is 0 Å². The van der Waals surface area contributed by atoms with Gasteiger partial charge in [0.15, 0.2) is 6.10 Å². The van der Waals surface area contributed by atoms with E-state index in [-0.39, 0.29) is 6.04 Å². The molecule has 0 saturated carbocycles. The maximum Gasteiger partial charge on any atom is 0.415 e. The van der Waals surface area contributed by atoms with E-state index in [0.717, 1.165) is 5.56 Å². The minimum absolute atomic E-state index is 0.264. The third-order valence-corrected chi connectivity index (χ3v) is 2.20. The van der Waals surface area contributed by atoms with E-state index in [1.165, 1.54) is 0 Å². The van der Waals surface area contributed by atoms with Gasteiger partial charge in [-0.3, -0.25) is 4.98 Å². The van der Waals surface area contributed by atoms with Crippen molar-refractivity contribution in [2.75, 3.05) is 6.54 Å². The largest absolute Gasteiger partial charge is 0.415 e. The Morgan fingerprint density at radius 2 is 1.94 bits per heavy atom. The second-order valence-electron chi connectivity index (χ2n) is 3.47. The third-order valence-electron chi connectivity index (χ3n) is 2.20. The molecule has 16 heavy (non-hydrogen) atoms. The van der Waals surface area contributed by atoms with E-state index >= 15 is 0 Å². The van der Waals surface area contributed by atoms with Gasteiger partial charge in [-0.2, -0.15) is 13.2 Å². The Bertz CT molecular complexity index is 316. The van der Waals surface area contributed by atoms with Crippen LogP contribution in [0.15, 0.2) is 24.5 Å². The molecule has 3 nitrogen and oxygen atoms in total. The molecule has 1 aromatic heterocycles. The van der Waals surface area contributed by atoms with Crippen LogP contribution in [-0.2, 0) is 0 Å². The molecule has 90 valence electrons. The Kier molecular flexibility index (Phi) is 4.26. The SMILES string of the molecule is C[C@@H](NCC(O)C(F)(F)F)c1ccncc1. The van der Waals surface area contributed by atoms with Crippen LogP contribution in [0.3, 0.4) is 0 Å². The van der Waals surface area contributed by atoms with Crippen molar-refractivity contribution in [2.45, 2.75) is 25.2 Å². The quantitative estimate of drug-likeness (QED) is 0.832. The molecule has 0 fully saturated rings. The lowest BCUT2D eigenvalue weighted by Gasteiger charge is -2.19. The summed E-state index contributed by atoms with van der Waals surface area (Å²) in [6, 6.07) is 3.15. The van der Waals surface area contributed by atoms with E-state index in [2.05, 4.69) is 10.3 Å². The molecule has 0 bridgehead atoms. The van der Waals surface area contributed by atoms with Crippen molar-refractivity contribution in [2.24, 2.45) is 0 Å². The van der Waals surface area contributed by atoms with E-state index in [1.54, 1.807) is 31.5 Å². The molecular formula is C10H13F3N2O. The van der Waals surface area contributed by atoms with Gasteiger partial charge in [0.2, 0.25) is 0 Å². The zero-order chi connectivity index (χ0) is 12.2. The van der Waals surface area contributed by atoms with Crippen LogP contribution in [0.2, 0.25) is 0 Å². The minimum Gasteiger partial charge on any atom is -0.382 e. The molecule has 0 amide bonds. The fraction of sp³-hybridized carbons (Fsp3) is 0.500. The first-order valence-electron chi connectivity index (χ1n) is 4.79. The summed E-state index contributed by atoms with van der Waals surface area (Å²) in [6.45, 7) is 1.20. The summed E-state index contributed by atoms with van der Waals surface area (Å²) in [5, 5.41) is 11.4. The molecule has 0 spiro atoms. The van der Waals surface area contributed by atoms with Gasteiger partial charge in [-0.25, -0.2) is 0 Å². The molecule has 6 heteroatoms. The highest BCUT2D eigenvalue weighted by atomic mass is 19.4. The van der Waals surface area contributed by atoms with Gasteiger partial charge in [0, 0.05) is 25.0 Å². The Hall–Kier alpha value is -1.14. The Morgan fingerprint density at radius 1 is 1.38 bits per heavy atom. The van der Waals surface area contributed by atoms with Crippen LogP contribution in [0.4, 0.5) is 13.2 Å². The maximum atomic E-state index is 12.0. The summed E-state index contributed by atoms with van der Waals surface area (Å²) in [6.07, 6.45) is -3.79. The number of nitrogens with one attached hydrogen (secondary N) is 1. The van der Waals surface area contributed by atoms with Gasteiger partial charge in [-0.15, -0.1) is 0 Å². The van der Waals surface area contributed by atoms with E-state index in [0.29, 0.717) is 0 Å². The molecule has 0 aliphatic carbocycles. The first kappa shape index (κ1) is 12.9. The van der Waals surface area contributed by atoms with Crippen molar-refractivity contribution in [3.8, 4) is 0 Å². The predicted molar refractivity (Wildman–Crippen MR) is 52.7 cm³/mol. The Balaban J connectivity index is 2.45. The number of aliphatic hydroxyl groups excluding tert-OH is 1. The molecule has 0 aromatic carbocycles. The molecule has 0 saturated heterocycles. The second-order valence-corrected chi connectivity index (χ2v) is 3.47. The zero-order valence-corrected chi connectivity index (χ0v) is 8.70. The van der Waals surface area contributed by atoms with Gasteiger partial charge < -0.3 is 10.4 Å². The highest BCUT2D eigenvalue weighted by Gasteiger charge is 2.37. The first-order chi connectivity index (χ1) is 7.41. The smallest absolute Gasteiger partial charge is 0.382 e. The molecule has 1 aromatic rings. The molecule has 2 atom stereocenters. The standard InChI is InChI=1S/C10H13F3N2O/c1-7(8-2-4-14-5-3-8)15-6-9(16)10(11,12)13/h2-5,7,9,15-16H,6H2,1H3/t7-,9?/m1/s1. The van der Waals surface area contributed by atoms with Gasteiger partial charge >= 0.3 is 6.18 Å². The fourth-order valence-corrected chi connectivity index (χ4v) is 1.17. The number of hydrogen-bond donors (Lipinski definition) is 2. The highest BCUT2D eigenvalue weighted by Crippen LogP contribution is 2.20. The van der Waals surface area contributed by atoms with Gasteiger partial charge in [0.1, 0.15) is 0 Å². The molecule has 1 rings (SSSR count). The second kappa shape index (κ2) is 5.27. The third kappa shape index (κ3) is 3.79. The van der Waals surface area contributed by atoms with Crippen LogP contribution in [-0.4, -0.2) is 28.9 Å². The van der Waals surface area contributed by atoms with Crippen LogP contribution >= 0.6 is 0 Å². The topological polar surface area (TPSA) is 45.1 Å². The number of rotatable bonds is 4. The Morgan fingerprint density at radius 3 is 2.44 bits per heavy atom. The number of alkyl halides is 3. The maximum absolute atomic E-state index is 12.0. The summed E-state index contributed by atoms with van der Waals surface area (Å²) in [5.74, 6) is 0. The summed E-state index contributed by atoms with van der Waals surface area (Å²) >= 11 is 0. The normalized spacial score (nSPS) is 15.8. The van der Waals surface area contributed by atoms with Gasteiger partial charge in [0.25, 0.3) is 0 Å². The summed E-state index contributed by atoms with van der Waals surface area (Å²) in [4.78, 5) is 3.81. The van der Waals surface area contributed by atoms with E-state index in [4.69, 9.17) is 5.11 Å². The number of aliphatic hydroxyl groups is 1. The van der Waals surface area contributed by atoms with E-state index < -0.39 is 18.8 Å². The highest BCUT2D eigenvalue weighted by molar-refractivity contribution is 5.13. The fourth-order valence-electron chi connectivity index (χ4n) is 1.17. The zero-order valence-electron chi connectivity index (χ0n) is 8.70. The van der Waals surface area contributed by atoms with Crippen molar-refractivity contribution >= 4 is 0 Å². The summed E-state index contributed by atoms with van der Waals surface area (Å²) in [5.41, 5.74) is 0.823. The minimum atomic E-state index is -4.58. The Labute approximate surface area is 91.3 Å². The molecule has 1 unspecified atom stereocenters. The van der Waals surface area contributed by atoms with Crippen LogP contribution < -0.4 is 5.32 Å². The number of hydrogen-bond acceptors (Lipinski definition) is 3. The molecule has 0 radical (unpaired) electrons. The van der Waals surface area contributed by atoms with Gasteiger partial charge in [-0.1, -0.05) is 0 Å². The van der Waals surface area contributed by atoms with Crippen LogP contribution in [0, 0.1) is 0 Å². The summed E-state index contributed by atoms with van der Waals surface area (Å²) in [7, 11) is 0. The first-order valence-corrected chi connectivity index (χ1v) is 4.79. The lowest BCUT2D eigenvalue weighted by atomic mass is 10.1. The monoisotopic (exact) mass is 234 g/mol. The summed E-state index contributed by atoms with van der Waals surface area (Å²) < 4.78 is 36.0. The van der Waals surface area contributed by atoms with Crippen LogP contribution in [0.25, 0.3) is 0 Å². The van der Waals surface area contributed by atoms with Crippen molar-refractivity contribution in [3.05, 3.63) is 30.1 Å². The molecule has 1 heterocycles. The molecule has 0 aliphatic heterocycles. The van der Waals surface area contributed by atoms with Crippen molar-refractivity contribution in [1.82, 2.24) is 10.3 Å². The number of aromatic nitrogens is 1. The van der Waals surface area contributed by atoms with Crippen molar-refractivity contribution in [3.63, 3.8) is 0 Å². The van der Waals surface area contributed by atoms with Crippen LogP contribution in [0.1, 0.15) is 18.5 Å². The molecule has 0 aliphatic rings. The number of halogens is 3. The predicted octanol–water partition coefficient (Wildman–Crippen LogP) is 1.66. The lowest BCUT2D eigenvalue weighted by molar-refractivity contribution is -0.202. The van der Waals surface area contributed by atoms with Crippen LogP contribution in [0.5, 0.6) is 0 Å². The van der Waals surface area contributed by atoms with Crippen molar-refractivity contribution < 1.29 is 18.3 Å². The molecule has 2 N–H and O–H groups in total. The number of nitrogens with zero attached hydrogens (tertiary/aromatic N) is 1. The van der Waals surface area contributed by atoms with Gasteiger partial charge in [0.05, 0.1) is 0 Å². The molecular weight excluding hydrogens is 221 g/mol. The lowest BCUT2D eigenvalue weighted by Crippen LogP contribution is -2.39. The average Bonchev–Trinajstić information content (AvgIpc) is 2.25. The van der Waals surface area contributed by atoms with Gasteiger partial charge in [-0.05, 0) is 24.6 Å². The number of pyridine rings is 1. The van der Waals surface area contributed by atoms with E-state index in [9.17, 15) is 13.2 Å².